The number of hydrogen-bond donors (Lipinski definition) is 2. The van der Waals surface area contributed by atoms with Gasteiger partial charge in [0.15, 0.2) is 0 Å². The molecule has 0 atom stereocenters. The summed E-state index contributed by atoms with van der Waals surface area (Å²) in [6.45, 7) is 0. The molecule has 0 aliphatic heterocycles. The first kappa shape index (κ1) is 11.5. The van der Waals surface area contributed by atoms with Gasteiger partial charge in [-0.05, 0) is 52.4 Å². The van der Waals surface area contributed by atoms with E-state index < -0.39 is 0 Å². The number of rotatable bonds is 1. The van der Waals surface area contributed by atoms with Gasteiger partial charge >= 0.3 is 0 Å². The molecule has 0 aliphatic rings. The van der Waals surface area contributed by atoms with Gasteiger partial charge in [0.05, 0.1) is 5.02 Å². The van der Waals surface area contributed by atoms with Crippen molar-refractivity contribution < 1.29 is 0 Å². The van der Waals surface area contributed by atoms with E-state index in [1.807, 2.05) is 30.3 Å². The summed E-state index contributed by atoms with van der Waals surface area (Å²) < 4.78 is 0.994. The Labute approximate surface area is 113 Å². The Morgan fingerprint density at radius 1 is 1.00 bits per heavy atom. The van der Waals surface area contributed by atoms with Gasteiger partial charge in [-0.1, -0.05) is 23.7 Å². The molecular weight excluding hydrogens is 335 g/mol. The van der Waals surface area contributed by atoms with Crippen molar-refractivity contribution in [3.63, 3.8) is 0 Å². The Morgan fingerprint density at radius 2 is 1.62 bits per heavy atom. The summed E-state index contributed by atoms with van der Waals surface area (Å²) in [4.78, 5) is 0. The topological polar surface area (TPSA) is 52.0 Å². The summed E-state index contributed by atoms with van der Waals surface area (Å²) in [5.41, 5.74) is 14.9. The Balaban J connectivity index is 2.56. The fraction of sp³-hybridized carbons (Fsp3) is 0. The lowest BCUT2D eigenvalue weighted by atomic mass is 10.1. The molecule has 0 bridgehead atoms. The van der Waals surface area contributed by atoms with Gasteiger partial charge in [-0.15, -0.1) is 0 Å². The second-order valence-corrected chi connectivity index (χ2v) is 5.04. The van der Waals surface area contributed by atoms with Gasteiger partial charge in [-0.3, -0.25) is 0 Å². The molecule has 2 aromatic carbocycles. The first-order valence-corrected chi connectivity index (χ1v) is 6.14. The van der Waals surface area contributed by atoms with Crippen molar-refractivity contribution in [1.82, 2.24) is 0 Å². The van der Waals surface area contributed by atoms with Gasteiger partial charge in [0.1, 0.15) is 0 Å². The van der Waals surface area contributed by atoms with Crippen LogP contribution in [0.2, 0.25) is 5.02 Å². The summed E-state index contributed by atoms with van der Waals surface area (Å²) in [5, 5.41) is 0.655. The first-order chi connectivity index (χ1) is 7.58. The Kier molecular flexibility index (Phi) is 3.25. The standard InChI is InChI=1S/C12H10ClIN2/c13-10-6-12(16)11(14)5-9(10)7-1-3-8(15)4-2-7/h1-6H,15-16H2. The molecule has 0 saturated heterocycles. The number of anilines is 2. The molecule has 0 spiro atoms. The molecule has 0 fully saturated rings. The van der Waals surface area contributed by atoms with Crippen LogP contribution in [0.25, 0.3) is 11.1 Å². The zero-order valence-corrected chi connectivity index (χ0v) is 11.3. The van der Waals surface area contributed by atoms with Gasteiger partial charge < -0.3 is 11.5 Å². The van der Waals surface area contributed by atoms with Crippen LogP contribution in [0, 0.1) is 3.57 Å². The fourth-order valence-corrected chi connectivity index (χ4v) is 2.19. The summed E-state index contributed by atoms with van der Waals surface area (Å²) in [6, 6.07) is 11.4. The molecule has 4 heteroatoms. The lowest BCUT2D eigenvalue weighted by molar-refractivity contribution is 1.58. The Hall–Kier alpha value is -0.940. The highest BCUT2D eigenvalue weighted by atomic mass is 127. The average Bonchev–Trinajstić information content (AvgIpc) is 2.25. The van der Waals surface area contributed by atoms with E-state index in [0.29, 0.717) is 10.7 Å². The molecule has 0 unspecified atom stereocenters. The minimum absolute atomic E-state index is 0.655. The maximum Gasteiger partial charge on any atom is 0.0505 e. The van der Waals surface area contributed by atoms with Gasteiger partial charge in [0, 0.05) is 20.5 Å². The van der Waals surface area contributed by atoms with Crippen molar-refractivity contribution in [2.75, 3.05) is 11.5 Å². The van der Waals surface area contributed by atoms with Crippen LogP contribution < -0.4 is 11.5 Å². The molecule has 0 heterocycles. The molecule has 2 rings (SSSR count). The Morgan fingerprint density at radius 3 is 2.25 bits per heavy atom. The van der Waals surface area contributed by atoms with Crippen molar-refractivity contribution >= 4 is 45.6 Å². The van der Waals surface area contributed by atoms with Crippen molar-refractivity contribution in [2.45, 2.75) is 0 Å². The van der Waals surface area contributed by atoms with Crippen LogP contribution in [0.4, 0.5) is 11.4 Å². The molecule has 0 aromatic heterocycles. The van der Waals surface area contributed by atoms with E-state index in [9.17, 15) is 0 Å². The van der Waals surface area contributed by atoms with Crippen molar-refractivity contribution in [3.8, 4) is 11.1 Å². The summed E-state index contributed by atoms with van der Waals surface area (Å²) in [5.74, 6) is 0. The van der Waals surface area contributed by atoms with E-state index in [0.717, 1.165) is 20.4 Å². The van der Waals surface area contributed by atoms with E-state index >= 15 is 0 Å². The van der Waals surface area contributed by atoms with Gasteiger partial charge in [0.2, 0.25) is 0 Å². The lowest BCUT2D eigenvalue weighted by Gasteiger charge is -2.07. The monoisotopic (exact) mass is 344 g/mol. The van der Waals surface area contributed by atoms with Crippen LogP contribution in [0.3, 0.4) is 0 Å². The number of hydrogen-bond acceptors (Lipinski definition) is 2. The van der Waals surface area contributed by atoms with Crippen LogP contribution in [0.1, 0.15) is 0 Å². The third-order valence-electron chi connectivity index (χ3n) is 2.31. The molecule has 0 amide bonds. The predicted molar refractivity (Wildman–Crippen MR) is 78.4 cm³/mol. The number of nitrogen functional groups attached to an aromatic ring is 2. The highest BCUT2D eigenvalue weighted by Crippen LogP contribution is 2.32. The third-order valence-corrected chi connectivity index (χ3v) is 3.55. The largest absolute Gasteiger partial charge is 0.399 e. The van der Waals surface area contributed by atoms with Crippen LogP contribution in [-0.2, 0) is 0 Å². The quantitative estimate of drug-likeness (QED) is 0.611. The van der Waals surface area contributed by atoms with Crippen molar-refractivity contribution in [2.24, 2.45) is 0 Å². The molecule has 4 N–H and O–H groups in total. The molecule has 0 aliphatic carbocycles. The van der Waals surface area contributed by atoms with Crippen LogP contribution in [-0.4, -0.2) is 0 Å². The predicted octanol–water partition coefficient (Wildman–Crippen LogP) is 3.78. The summed E-state index contributed by atoms with van der Waals surface area (Å²) in [6.07, 6.45) is 0. The minimum atomic E-state index is 0.655. The second kappa shape index (κ2) is 4.51. The second-order valence-electron chi connectivity index (χ2n) is 3.48. The highest BCUT2D eigenvalue weighted by molar-refractivity contribution is 14.1. The van der Waals surface area contributed by atoms with Crippen LogP contribution >= 0.6 is 34.2 Å². The zero-order valence-electron chi connectivity index (χ0n) is 8.37. The SMILES string of the molecule is Nc1ccc(-c2cc(I)c(N)cc2Cl)cc1. The minimum Gasteiger partial charge on any atom is -0.399 e. The normalized spacial score (nSPS) is 10.4. The van der Waals surface area contributed by atoms with Crippen LogP contribution in [0.15, 0.2) is 36.4 Å². The van der Waals surface area contributed by atoms with Crippen LogP contribution in [0.5, 0.6) is 0 Å². The average molecular weight is 345 g/mol. The lowest BCUT2D eigenvalue weighted by Crippen LogP contribution is -1.91. The van der Waals surface area contributed by atoms with E-state index in [4.69, 9.17) is 23.1 Å². The van der Waals surface area contributed by atoms with Crippen molar-refractivity contribution in [1.29, 1.82) is 0 Å². The van der Waals surface area contributed by atoms with Gasteiger partial charge in [-0.25, -0.2) is 0 Å². The fourth-order valence-electron chi connectivity index (χ4n) is 1.45. The van der Waals surface area contributed by atoms with E-state index in [1.165, 1.54) is 0 Å². The van der Waals surface area contributed by atoms with Gasteiger partial charge in [0.25, 0.3) is 0 Å². The summed E-state index contributed by atoms with van der Waals surface area (Å²) in [7, 11) is 0. The molecule has 2 nitrogen and oxygen atoms in total. The third kappa shape index (κ3) is 2.25. The molecule has 0 radical (unpaired) electrons. The summed E-state index contributed by atoms with van der Waals surface area (Å²) >= 11 is 8.35. The zero-order chi connectivity index (χ0) is 11.7. The number of benzene rings is 2. The molecular formula is C12H10ClIN2. The number of nitrogens with two attached hydrogens (primary N) is 2. The number of halogens is 2. The Bertz CT molecular complexity index is 523. The van der Waals surface area contributed by atoms with Crippen molar-refractivity contribution in [3.05, 3.63) is 45.0 Å². The van der Waals surface area contributed by atoms with E-state index in [-0.39, 0.29) is 0 Å². The maximum atomic E-state index is 6.16. The molecule has 16 heavy (non-hydrogen) atoms. The smallest absolute Gasteiger partial charge is 0.0505 e. The van der Waals surface area contributed by atoms with Gasteiger partial charge in [-0.2, -0.15) is 0 Å². The molecule has 2 aromatic rings. The molecule has 82 valence electrons. The van der Waals surface area contributed by atoms with E-state index in [2.05, 4.69) is 22.6 Å². The van der Waals surface area contributed by atoms with E-state index in [1.54, 1.807) is 6.07 Å². The highest BCUT2D eigenvalue weighted by Gasteiger charge is 2.06. The first-order valence-electron chi connectivity index (χ1n) is 4.68. The maximum absolute atomic E-state index is 6.16. The molecule has 0 saturated carbocycles.